The lowest BCUT2D eigenvalue weighted by molar-refractivity contribution is -0.149. The molecule has 0 saturated heterocycles. The molecule has 7 heteroatoms. The first-order valence-electron chi connectivity index (χ1n) is 6.93. The molecule has 1 aliphatic rings. The Bertz CT molecular complexity index is 532. The average Bonchev–Trinajstić information content (AvgIpc) is 2.98. The van der Waals surface area contributed by atoms with E-state index in [9.17, 15) is 14.7 Å². The molecule has 2 N–H and O–H groups in total. The van der Waals surface area contributed by atoms with Gasteiger partial charge in [0.1, 0.15) is 0 Å². The molecule has 21 heavy (non-hydrogen) atoms. The Kier molecular flexibility index (Phi) is 5.27. The molecule has 2 atom stereocenters. The van der Waals surface area contributed by atoms with Crippen molar-refractivity contribution in [3.63, 3.8) is 0 Å². The van der Waals surface area contributed by atoms with Crippen LogP contribution in [0.15, 0.2) is 5.38 Å². The van der Waals surface area contributed by atoms with Crippen LogP contribution in [0.3, 0.4) is 0 Å². The fraction of sp³-hybridized carbons (Fsp3) is 0.643. The number of aromatic nitrogens is 1. The van der Waals surface area contributed by atoms with E-state index in [1.165, 1.54) is 11.8 Å². The topological polar surface area (TPSA) is 79.3 Å². The number of amides is 1. The Morgan fingerprint density at radius 1 is 1.62 bits per heavy atom. The van der Waals surface area contributed by atoms with Crippen molar-refractivity contribution < 1.29 is 14.7 Å². The van der Waals surface area contributed by atoms with Crippen LogP contribution in [0.1, 0.15) is 36.9 Å². The molecular weight excluding hydrogens is 308 g/mol. The first-order chi connectivity index (χ1) is 9.91. The van der Waals surface area contributed by atoms with Crippen LogP contribution in [0.4, 0.5) is 0 Å². The van der Waals surface area contributed by atoms with Crippen molar-refractivity contribution in [2.45, 2.75) is 44.9 Å². The van der Waals surface area contributed by atoms with Crippen LogP contribution in [-0.2, 0) is 15.3 Å². The van der Waals surface area contributed by atoms with Crippen LogP contribution in [0.5, 0.6) is 0 Å². The first kappa shape index (κ1) is 16.3. The third-order valence-electron chi connectivity index (χ3n) is 3.93. The van der Waals surface area contributed by atoms with Crippen LogP contribution in [0, 0.1) is 12.3 Å². The fourth-order valence-electron chi connectivity index (χ4n) is 2.61. The molecule has 0 spiro atoms. The van der Waals surface area contributed by atoms with Gasteiger partial charge in [0, 0.05) is 17.2 Å². The number of aryl methyl sites for hydroxylation is 1. The molecule has 2 unspecified atom stereocenters. The van der Waals surface area contributed by atoms with E-state index in [-0.39, 0.29) is 11.9 Å². The highest BCUT2D eigenvalue weighted by atomic mass is 32.2. The maximum Gasteiger partial charge on any atom is 0.311 e. The Morgan fingerprint density at radius 3 is 3.00 bits per heavy atom. The third kappa shape index (κ3) is 3.97. The van der Waals surface area contributed by atoms with Gasteiger partial charge >= 0.3 is 5.97 Å². The number of hydrogen-bond acceptors (Lipinski definition) is 5. The highest BCUT2D eigenvalue weighted by Gasteiger charge is 2.45. The average molecular weight is 328 g/mol. The van der Waals surface area contributed by atoms with Crippen LogP contribution >= 0.6 is 23.1 Å². The van der Waals surface area contributed by atoms with Crippen LogP contribution in [-0.4, -0.2) is 33.8 Å². The fourth-order valence-corrected chi connectivity index (χ4v) is 4.06. The summed E-state index contributed by atoms with van der Waals surface area (Å²) in [7, 11) is 0. The van der Waals surface area contributed by atoms with Gasteiger partial charge < -0.3 is 10.4 Å². The van der Waals surface area contributed by atoms with Crippen molar-refractivity contribution in [2.24, 2.45) is 5.41 Å². The number of rotatable bonds is 6. The number of nitrogens with one attached hydrogen (secondary N) is 1. The number of carboxylic acids is 1. The monoisotopic (exact) mass is 328 g/mol. The molecule has 2 rings (SSSR count). The highest BCUT2D eigenvalue weighted by Crippen LogP contribution is 2.38. The van der Waals surface area contributed by atoms with Crippen LogP contribution in [0.2, 0.25) is 0 Å². The lowest BCUT2D eigenvalue weighted by atomic mass is 9.85. The minimum Gasteiger partial charge on any atom is -0.481 e. The summed E-state index contributed by atoms with van der Waals surface area (Å²) in [4.78, 5) is 27.7. The molecular formula is C14H20N2O3S2. The van der Waals surface area contributed by atoms with Gasteiger partial charge in [0.15, 0.2) is 0 Å². The minimum atomic E-state index is -0.827. The zero-order chi connectivity index (χ0) is 15.5. The normalized spacial score (nSPS) is 25.0. The second-order valence-electron chi connectivity index (χ2n) is 5.59. The molecule has 0 aromatic carbocycles. The van der Waals surface area contributed by atoms with E-state index in [2.05, 4.69) is 10.3 Å². The molecule has 1 saturated carbocycles. The number of carbonyl (C=O) groups is 2. The van der Waals surface area contributed by atoms with E-state index in [1.54, 1.807) is 18.3 Å². The van der Waals surface area contributed by atoms with Gasteiger partial charge in [0.2, 0.25) is 5.91 Å². The SMILES string of the molecule is Cc1nc(CSCC(=O)NC2CCCC2(C)C(=O)O)cs1. The molecule has 1 aromatic heterocycles. The summed E-state index contributed by atoms with van der Waals surface area (Å²) < 4.78 is 0. The van der Waals surface area contributed by atoms with E-state index in [0.29, 0.717) is 17.9 Å². The van der Waals surface area contributed by atoms with Crippen LogP contribution in [0.25, 0.3) is 0 Å². The molecule has 1 heterocycles. The van der Waals surface area contributed by atoms with Crippen molar-refractivity contribution in [1.29, 1.82) is 0 Å². The molecule has 1 aromatic rings. The lowest BCUT2D eigenvalue weighted by Crippen LogP contribution is -2.47. The number of aliphatic carboxylic acids is 1. The van der Waals surface area contributed by atoms with Gasteiger partial charge in [-0.05, 0) is 26.7 Å². The predicted molar refractivity (Wildman–Crippen MR) is 84.5 cm³/mol. The van der Waals surface area contributed by atoms with E-state index < -0.39 is 11.4 Å². The molecule has 0 radical (unpaired) electrons. The first-order valence-corrected chi connectivity index (χ1v) is 8.97. The molecule has 5 nitrogen and oxygen atoms in total. The Hall–Kier alpha value is -1.08. The predicted octanol–water partition coefficient (Wildman–Crippen LogP) is 2.44. The van der Waals surface area contributed by atoms with Gasteiger partial charge in [0.25, 0.3) is 0 Å². The Balaban J connectivity index is 1.78. The van der Waals surface area contributed by atoms with Crippen molar-refractivity contribution in [1.82, 2.24) is 10.3 Å². The lowest BCUT2D eigenvalue weighted by Gasteiger charge is -2.27. The number of thioether (sulfide) groups is 1. The second kappa shape index (κ2) is 6.79. The van der Waals surface area contributed by atoms with E-state index in [4.69, 9.17) is 0 Å². The maximum absolute atomic E-state index is 12.0. The summed E-state index contributed by atoms with van der Waals surface area (Å²) in [6, 6.07) is -0.260. The summed E-state index contributed by atoms with van der Waals surface area (Å²) in [6.07, 6.45) is 2.21. The van der Waals surface area contributed by atoms with Gasteiger partial charge in [-0.3, -0.25) is 9.59 Å². The summed E-state index contributed by atoms with van der Waals surface area (Å²) in [5.41, 5.74) is 0.165. The van der Waals surface area contributed by atoms with Gasteiger partial charge in [0.05, 0.1) is 21.9 Å². The smallest absolute Gasteiger partial charge is 0.311 e. The summed E-state index contributed by atoms with van der Waals surface area (Å²) in [5.74, 6) is 0.128. The summed E-state index contributed by atoms with van der Waals surface area (Å²) in [6.45, 7) is 3.68. The minimum absolute atomic E-state index is 0.0914. The Labute approximate surface area is 132 Å². The maximum atomic E-state index is 12.0. The van der Waals surface area contributed by atoms with Crippen molar-refractivity contribution in [3.05, 3.63) is 16.1 Å². The Morgan fingerprint density at radius 2 is 2.38 bits per heavy atom. The number of hydrogen-bond donors (Lipinski definition) is 2. The van der Waals surface area contributed by atoms with Gasteiger partial charge in [-0.1, -0.05) is 6.42 Å². The molecule has 1 aliphatic carbocycles. The zero-order valence-electron chi connectivity index (χ0n) is 12.2. The number of thiazole rings is 1. The van der Waals surface area contributed by atoms with E-state index in [0.717, 1.165) is 23.5 Å². The van der Waals surface area contributed by atoms with Gasteiger partial charge in [-0.15, -0.1) is 23.1 Å². The van der Waals surface area contributed by atoms with Crippen molar-refractivity contribution in [2.75, 3.05) is 5.75 Å². The van der Waals surface area contributed by atoms with Crippen LogP contribution < -0.4 is 5.32 Å². The molecule has 1 fully saturated rings. The van der Waals surface area contributed by atoms with Crippen molar-refractivity contribution in [3.8, 4) is 0 Å². The van der Waals surface area contributed by atoms with Gasteiger partial charge in [-0.25, -0.2) is 4.98 Å². The quantitative estimate of drug-likeness (QED) is 0.838. The molecule has 0 bridgehead atoms. The summed E-state index contributed by atoms with van der Waals surface area (Å²) in [5, 5.41) is 15.2. The number of carboxylic acid groups (broad SMARTS) is 1. The largest absolute Gasteiger partial charge is 0.481 e. The number of nitrogens with zero attached hydrogens (tertiary/aromatic N) is 1. The summed E-state index contributed by atoms with van der Waals surface area (Å²) >= 11 is 3.11. The van der Waals surface area contributed by atoms with Crippen molar-refractivity contribution >= 4 is 35.0 Å². The molecule has 116 valence electrons. The zero-order valence-corrected chi connectivity index (χ0v) is 13.9. The van der Waals surface area contributed by atoms with Gasteiger partial charge in [-0.2, -0.15) is 0 Å². The highest BCUT2D eigenvalue weighted by molar-refractivity contribution is 7.99. The molecule has 1 amide bonds. The standard InChI is InChI=1S/C14H20N2O3S2/c1-9-15-10(7-21-9)6-20-8-12(17)16-11-4-3-5-14(11,2)13(18)19/h7,11H,3-6,8H2,1-2H3,(H,16,17)(H,18,19). The third-order valence-corrected chi connectivity index (χ3v) is 5.72. The van der Waals surface area contributed by atoms with E-state index in [1.807, 2.05) is 12.3 Å². The second-order valence-corrected chi connectivity index (χ2v) is 7.63. The van der Waals surface area contributed by atoms with E-state index >= 15 is 0 Å². The number of carbonyl (C=O) groups excluding carboxylic acids is 1. The molecule has 0 aliphatic heterocycles.